The van der Waals surface area contributed by atoms with Gasteiger partial charge < -0.3 is 19.7 Å². The minimum Gasteiger partial charge on any atom is -0.461 e. The van der Waals surface area contributed by atoms with Gasteiger partial charge in [-0.3, -0.25) is 9.59 Å². The van der Waals surface area contributed by atoms with Gasteiger partial charge in [-0.25, -0.2) is 0 Å². The van der Waals surface area contributed by atoms with Crippen LogP contribution in [0.15, 0.2) is 28.7 Å². The first-order chi connectivity index (χ1) is 10.6. The molecule has 1 saturated heterocycles. The molecule has 0 unspecified atom stereocenters. The lowest BCUT2D eigenvalue weighted by Crippen LogP contribution is -2.57. The van der Waals surface area contributed by atoms with Crippen LogP contribution in [0.4, 0.5) is 0 Å². The average molecular weight is 302 g/mol. The molecule has 1 aromatic heterocycles. The highest BCUT2D eigenvalue weighted by Gasteiger charge is 2.34. The van der Waals surface area contributed by atoms with Gasteiger partial charge in [-0.15, -0.1) is 0 Å². The molecule has 6 nitrogen and oxygen atoms in total. The quantitative estimate of drug-likeness (QED) is 0.888. The Labute approximate surface area is 127 Å². The minimum absolute atomic E-state index is 0.147. The highest BCUT2D eigenvalue weighted by molar-refractivity contribution is 6.06. The summed E-state index contributed by atoms with van der Waals surface area (Å²) in [5.41, 5.74) is 0.988. The van der Waals surface area contributed by atoms with E-state index in [0.29, 0.717) is 24.2 Å². The highest BCUT2D eigenvalue weighted by atomic mass is 16.3. The standard InChI is InChI=1S/C16H18N2O4/c1-10-9-11-3-2-4-12(14(11)22-10)16(21)18-7-6-17-15(20)13(18)5-8-19/h2-4,9,13,19H,5-8H2,1H3,(H,17,20)/t13-/m0/s1. The third-order valence-electron chi connectivity index (χ3n) is 3.89. The predicted molar refractivity (Wildman–Crippen MR) is 80.5 cm³/mol. The van der Waals surface area contributed by atoms with Crippen LogP contribution >= 0.6 is 0 Å². The molecule has 1 aliphatic heterocycles. The third-order valence-corrected chi connectivity index (χ3v) is 3.89. The van der Waals surface area contributed by atoms with E-state index in [2.05, 4.69) is 5.32 Å². The molecule has 3 rings (SSSR count). The number of aryl methyl sites for hydroxylation is 1. The van der Waals surface area contributed by atoms with Crippen molar-refractivity contribution in [1.82, 2.24) is 10.2 Å². The van der Waals surface area contributed by atoms with Gasteiger partial charge in [0.2, 0.25) is 5.91 Å². The number of fused-ring (bicyclic) bond motifs is 1. The summed E-state index contributed by atoms with van der Waals surface area (Å²) >= 11 is 0. The number of amides is 2. The number of carbonyl (C=O) groups excluding carboxylic acids is 2. The molecular weight excluding hydrogens is 284 g/mol. The molecule has 0 radical (unpaired) electrons. The van der Waals surface area contributed by atoms with Crippen LogP contribution in [0.5, 0.6) is 0 Å². The zero-order valence-electron chi connectivity index (χ0n) is 12.3. The number of carbonyl (C=O) groups is 2. The number of para-hydroxylation sites is 1. The first-order valence-electron chi connectivity index (χ1n) is 7.30. The molecule has 2 amide bonds. The molecule has 0 bridgehead atoms. The van der Waals surface area contributed by atoms with Gasteiger partial charge in [0.1, 0.15) is 17.4 Å². The van der Waals surface area contributed by atoms with Crippen LogP contribution < -0.4 is 5.32 Å². The van der Waals surface area contributed by atoms with Gasteiger partial charge in [-0.05, 0) is 25.5 Å². The van der Waals surface area contributed by atoms with Crippen molar-refractivity contribution in [2.75, 3.05) is 19.7 Å². The number of benzene rings is 1. The Balaban J connectivity index is 1.98. The molecule has 0 spiro atoms. The van der Waals surface area contributed by atoms with Crippen molar-refractivity contribution in [3.63, 3.8) is 0 Å². The van der Waals surface area contributed by atoms with E-state index in [1.165, 1.54) is 4.90 Å². The van der Waals surface area contributed by atoms with Crippen molar-refractivity contribution in [3.8, 4) is 0 Å². The van der Waals surface area contributed by atoms with Crippen LogP contribution in [-0.2, 0) is 4.79 Å². The Morgan fingerprint density at radius 3 is 3.09 bits per heavy atom. The monoisotopic (exact) mass is 302 g/mol. The Morgan fingerprint density at radius 1 is 1.50 bits per heavy atom. The second-order valence-electron chi connectivity index (χ2n) is 5.40. The second kappa shape index (κ2) is 5.81. The highest BCUT2D eigenvalue weighted by Crippen LogP contribution is 2.25. The number of nitrogens with one attached hydrogen (secondary N) is 1. The Kier molecular flexibility index (Phi) is 3.85. The smallest absolute Gasteiger partial charge is 0.258 e. The van der Waals surface area contributed by atoms with E-state index in [1.54, 1.807) is 12.1 Å². The normalized spacial score (nSPS) is 18.5. The minimum atomic E-state index is -0.641. The maximum absolute atomic E-state index is 12.9. The lowest BCUT2D eigenvalue weighted by molar-refractivity contribution is -0.128. The van der Waals surface area contributed by atoms with E-state index < -0.39 is 6.04 Å². The van der Waals surface area contributed by atoms with Crippen molar-refractivity contribution in [3.05, 3.63) is 35.6 Å². The molecule has 0 saturated carbocycles. The van der Waals surface area contributed by atoms with E-state index in [4.69, 9.17) is 9.52 Å². The second-order valence-corrected chi connectivity index (χ2v) is 5.40. The SMILES string of the molecule is Cc1cc2cccc(C(=O)N3CCNC(=O)[C@@H]3CCO)c2o1. The van der Waals surface area contributed by atoms with Crippen molar-refractivity contribution in [2.45, 2.75) is 19.4 Å². The van der Waals surface area contributed by atoms with Crippen LogP contribution in [0.1, 0.15) is 22.5 Å². The van der Waals surface area contributed by atoms with Gasteiger partial charge in [0.05, 0.1) is 5.56 Å². The fraction of sp³-hybridized carbons (Fsp3) is 0.375. The number of rotatable bonds is 3. The number of nitrogens with zero attached hydrogens (tertiary/aromatic N) is 1. The van der Waals surface area contributed by atoms with Gasteiger partial charge in [-0.2, -0.15) is 0 Å². The summed E-state index contributed by atoms with van der Waals surface area (Å²) in [6, 6.07) is 6.63. The summed E-state index contributed by atoms with van der Waals surface area (Å²) < 4.78 is 5.64. The molecule has 2 aromatic rings. The number of piperazine rings is 1. The molecule has 1 fully saturated rings. The third kappa shape index (κ3) is 2.46. The Morgan fingerprint density at radius 2 is 2.32 bits per heavy atom. The summed E-state index contributed by atoms with van der Waals surface area (Å²) in [5, 5.41) is 12.7. The van der Waals surface area contributed by atoms with Gasteiger partial charge >= 0.3 is 0 Å². The largest absolute Gasteiger partial charge is 0.461 e. The molecular formula is C16H18N2O4. The number of hydrogen-bond acceptors (Lipinski definition) is 4. The summed E-state index contributed by atoms with van der Waals surface area (Å²) in [7, 11) is 0. The van der Waals surface area contributed by atoms with Gasteiger partial charge in [0.15, 0.2) is 0 Å². The zero-order chi connectivity index (χ0) is 15.7. The van der Waals surface area contributed by atoms with Crippen LogP contribution in [0.3, 0.4) is 0 Å². The number of hydrogen-bond donors (Lipinski definition) is 2. The summed E-state index contributed by atoms with van der Waals surface area (Å²) in [4.78, 5) is 26.3. The number of aliphatic hydroxyl groups is 1. The van der Waals surface area contributed by atoms with Gasteiger partial charge in [0.25, 0.3) is 5.91 Å². The van der Waals surface area contributed by atoms with E-state index in [9.17, 15) is 9.59 Å². The molecule has 2 N–H and O–H groups in total. The van der Waals surface area contributed by atoms with Crippen LogP contribution in [0.25, 0.3) is 11.0 Å². The van der Waals surface area contributed by atoms with Crippen LogP contribution in [0, 0.1) is 6.92 Å². The zero-order valence-corrected chi connectivity index (χ0v) is 12.3. The summed E-state index contributed by atoms with van der Waals surface area (Å²) in [6.45, 7) is 2.52. The molecule has 6 heteroatoms. The van der Waals surface area contributed by atoms with E-state index in [0.717, 1.165) is 11.1 Å². The fourth-order valence-corrected chi connectivity index (χ4v) is 2.88. The van der Waals surface area contributed by atoms with Crippen molar-refractivity contribution < 1.29 is 19.1 Å². The van der Waals surface area contributed by atoms with E-state index >= 15 is 0 Å². The molecule has 1 aliphatic rings. The van der Waals surface area contributed by atoms with Gasteiger partial charge in [-0.1, -0.05) is 12.1 Å². The summed E-state index contributed by atoms with van der Waals surface area (Å²) in [5.74, 6) is 0.267. The average Bonchev–Trinajstić information content (AvgIpc) is 2.88. The fourth-order valence-electron chi connectivity index (χ4n) is 2.88. The van der Waals surface area contributed by atoms with Gasteiger partial charge in [0, 0.05) is 25.1 Å². The lowest BCUT2D eigenvalue weighted by Gasteiger charge is -2.34. The predicted octanol–water partition coefficient (Wildman–Crippen LogP) is 1.06. The molecule has 1 aromatic carbocycles. The Hall–Kier alpha value is -2.34. The van der Waals surface area contributed by atoms with Crippen LogP contribution in [0.2, 0.25) is 0 Å². The topological polar surface area (TPSA) is 82.8 Å². The summed E-state index contributed by atoms with van der Waals surface area (Å²) in [6.07, 6.45) is 0.227. The molecule has 2 heterocycles. The first-order valence-corrected chi connectivity index (χ1v) is 7.30. The molecule has 0 aliphatic carbocycles. The van der Waals surface area contributed by atoms with Crippen molar-refractivity contribution in [1.29, 1.82) is 0 Å². The maximum atomic E-state index is 12.9. The lowest BCUT2D eigenvalue weighted by atomic mass is 10.1. The number of aliphatic hydroxyl groups excluding tert-OH is 1. The Bertz CT molecular complexity index is 722. The first kappa shape index (κ1) is 14.6. The van der Waals surface area contributed by atoms with Crippen LogP contribution in [-0.4, -0.2) is 47.6 Å². The maximum Gasteiger partial charge on any atom is 0.258 e. The van der Waals surface area contributed by atoms with E-state index in [1.807, 2.05) is 19.1 Å². The molecule has 22 heavy (non-hydrogen) atoms. The van der Waals surface area contributed by atoms with Crippen molar-refractivity contribution >= 4 is 22.8 Å². The molecule has 116 valence electrons. The molecule has 1 atom stereocenters. The number of furan rings is 1. The van der Waals surface area contributed by atoms with E-state index in [-0.39, 0.29) is 24.8 Å². The van der Waals surface area contributed by atoms with Crippen molar-refractivity contribution in [2.24, 2.45) is 0 Å².